The van der Waals surface area contributed by atoms with Crippen LogP contribution in [0.15, 0.2) is 133 Å². The van der Waals surface area contributed by atoms with E-state index >= 15 is 0 Å². The first-order valence-electron chi connectivity index (χ1n) is 12.8. The third-order valence-corrected chi connectivity index (χ3v) is 14.1. The van der Waals surface area contributed by atoms with Crippen molar-refractivity contribution in [3.63, 3.8) is 0 Å². The number of ether oxygens (including phenoxy) is 2. The standard InChI is InChI=1S/C34H31O2P/c1-37(29-16-8-3-9-17-29,30-18-10-4-11-19-30,31-20-12-5-13-21-31)34-25-32-28(22-23-35-32)24-33(34)36-26-27-14-6-2-7-15-27/h2-21,24-25H,22-23,26H2,1H3. The van der Waals surface area contributed by atoms with E-state index in [2.05, 4.69) is 134 Å². The molecule has 0 fully saturated rings. The Labute approximate surface area is 219 Å². The van der Waals surface area contributed by atoms with Crippen LogP contribution >= 0.6 is 6.60 Å². The van der Waals surface area contributed by atoms with Gasteiger partial charge >= 0.3 is 220 Å². The van der Waals surface area contributed by atoms with Crippen LogP contribution in [-0.2, 0) is 13.0 Å². The van der Waals surface area contributed by atoms with Crippen molar-refractivity contribution in [1.29, 1.82) is 0 Å². The van der Waals surface area contributed by atoms with Crippen molar-refractivity contribution in [1.82, 2.24) is 0 Å². The number of hydrogen-bond donors (Lipinski definition) is 0. The van der Waals surface area contributed by atoms with E-state index in [4.69, 9.17) is 9.47 Å². The molecule has 3 heteroatoms. The molecule has 0 saturated heterocycles. The number of fused-ring (bicyclic) bond motifs is 1. The van der Waals surface area contributed by atoms with Gasteiger partial charge in [0, 0.05) is 0 Å². The Bertz CT molecular complexity index is 1400. The summed E-state index contributed by atoms with van der Waals surface area (Å²) < 4.78 is 12.9. The van der Waals surface area contributed by atoms with E-state index in [0.29, 0.717) is 13.2 Å². The Morgan fingerprint density at radius 3 is 1.65 bits per heavy atom. The zero-order valence-corrected chi connectivity index (χ0v) is 22.0. The molecule has 2 nitrogen and oxygen atoms in total. The number of rotatable bonds is 7. The minimum atomic E-state index is -3.26. The van der Waals surface area contributed by atoms with Gasteiger partial charge in [-0.15, -0.1) is 0 Å². The zero-order valence-electron chi connectivity index (χ0n) is 21.1. The molecule has 0 spiro atoms. The molecule has 184 valence electrons. The number of benzene rings is 5. The molecule has 0 atom stereocenters. The molecule has 0 amide bonds. The third-order valence-electron chi connectivity index (χ3n) is 7.82. The molecule has 37 heavy (non-hydrogen) atoms. The molecule has 0 N–H and O–H groups in total. The molecular formula is C34H31O2P. The molecule has 0 saturated carbocycles. The maximum absolute atomic E-state index is 6.76. The summed E-state index contributed by atoms with van der Waals surface area (Å²) in [6.07, 6.45) is 0.902. The average molecular weight is 503 g/mol. The molecular weight excluding hydrogens is 471 g/mol. The zero-order chi connectivity index (χ0) is 25.2. The topological polar surface area (TPSA) is 18.5 Å². The minimum absolute atomic E-state index is 0.512. The van der Waals surface area contributed by atoms with E-state index in [1.54, 1.807) is 0 Å². The Balaban J connectivity index is 1.70. The van der Waals surface area contributed by atoms with Crippen molar-refractivity contribution < 1.29 is 9.47 Å². The van der Waals surface area contributed by atoms with Crippen molar-refractivity contribution in [3.8, 4) is 11.5 Å². The van der Waals surface area contributed by atoms with Crippen molar-refractivity contribution in [2.45, 2.75) is 13.0 Å². The SMILES string of the molecule is CP(c1ccccc1)(c1ccccc1)(c1ccccc1)c1cc2c(cc1OCc1ccccc1)CCO2. The Hall–Kier alpha value is -3.87. The monoisotopic (exact) mass is 502 g/mol. The van der Waals surface area contributed by atoms with E-state index in [1.807, 2.05) is 6.07 Å². The van der Waals surface area contributed by atoms with Crippen LogP contribution in [0.4, 0.5) is 0 Å². The van der Waals surface area contributed by atoms with Gasteiger partial charge in [-0.1, -0.05) is 0 Å². The molecule has 5 aromatic carbocycles. The first kappa shape index (κ1) is 23.5. The summed E-state index contributed by atoms with van der Waals surface area (Å²) >= 11 is 0. The molecule has 1 aliphatic rings. The van der Waals surface area contributed by atoms with E-state index in [9.17, 15) is 0 Å². The van der Waals surface area contributed by atoms with Gasteiger partial charge in [-0.05, 0) is 0 Å². The van der Waals surface area contributed by atoms with Crippen LogP contribution in [0.1, 0.15) is 11.1 Å². The van der Waals surface area contributed by atoms with Crippen molar-refractivity contribution in [3.05, 3.63) is 145 Å². The first-order chi connectivity index (χ1) is 18.2. The molecule has 1 aliphatic heterocycles. The summed E-state index contributed by atoms with van der Waals surface area (Å²) in [5.74, 6) is 1.91. The summed E-state index contributed by atoms with van der Waals surface area (Å²) in [5, 5.41) is 5.10. The Kier molecular flexibility index (Phi) is 6.07. The summed E-state index contributed by atoms with van der Waals surface area (Å²) in [6.45, 7) is 0.427. The van der Waals surface area contributed by atoms with Gasteiger partial charge in [0.05, 0.1) is 0 Å². The second-order valence-corrected chi connectivity index (χ2v) is 15.0. The average Bonchev–Trinajstić information content (AvgIpc) is 3.45. The Morgan fingerprint density at radius 2 is 1.14 bits per heavy atom. The van der Waals surface area contributed by atoms with Gasteiger partial charge in [0.2, 0.25) is 0 Å². The van der Waals surface area contributed by atoms with E-state index in [0.717, 1.165) is 23.5 Å². The van der Waals surface area contributed by atoms with Gasteiger partial charge in [-0.3, -0.25) is 0 Å². The second-order valence-electron chi connectivity index (χ2n) is 9.87. The molecule has 0 unspecified atom stereocenters. The third kappa shape index (κ3) is 3.84. The van der Waals surface area contributed by atoms with Crippen LogP contribution in [-0.4, -0.2) is 13.3 Å². The molecule has 0 bridgehead atoms. The molecule has 0 aliphatic carbocycles. The normalized spacial score (nSPS) is 13.7. The van der Waals surface area contributed by atoms with Crippen LogP contribution in [0.3, 0.4) is 0 Å². The van der Waals surface area contributed by atoms with Gasteiger partial charge in [-0.25, -0.2) is 0 Å². The van der Waals surface area contributed by atoms with Gasteiger partial charge in [-0.2, -0.15) is 0 Å². The second kappa shape index (κ2) is 9.54. The van der Waals surface area contributed by atoms with Gasteiger partial charge in [0.15, 0.2) is 0 Å². The van der Waals surface area contributed by atoms with Crippen molar-refractivity contribution >= 4 is 27.8 Å². The van der Waals surface area contributed by atoms with Crippen LogP contribution < -0.4 is 30.7 Å². The molecule has 0 aromatic heterocycles. The van der Waals surface area contributed by atoms with Gasteiger partial charge in [0.25, 0.3) is 0 Å². The predicted octanol–water partition coefficient (Wildman–Crippen LogP) is 5.99. The predicted molar refractivity (Wildman–Crippen MR) is 157 cm³/mol. The summed E-state index contributed by atoms with van der Waals surface area (Å²) in [4.78, 5) is 0. The summed E-state index contributed by atoms with van der Waals surface area (Å²) in [7, 11) is 0. The fourth-order valence-electron chi connectivity index (χ4n) is 5.75. The molecule has 0 radical (unpaired) electrons. The van der Waals surface area contributed by atoms with E-state index in [-0.39, 0.29) is 0 Å². The van der Waals surface area contributed by atoms with Crippen molar-refractivity contribution in [2.75, 3.05) is 13.3 Å². The fourth-order valence-corrected chi connectivity index (χ4v) is 11.3. The Morgan fingerprint density at radius 1 is 0.649 bits per heavy atom. The van der Waals surface area contributed by atoms with E-state index in [1.165, 1.54) is 26.8 Å². The van der Waals surface area contributed by atoms with Crippen LogP contribution in [0.2, 0.25) is 0 Å². The molecule has 1 heterocycles. The van der Waals surface area contributed by atoms with Crippen LogP contribution in [0, 0.1) is 0 Å². The quantitative estimate of drug-likeness (QED) is 0.255. The first-order valence-corrected chi connectivity index (χ1v) is 15.5. The van der Waals surface area contributed by atoms with Gasteiger partial charge in [0.1, 0.15) is 0 Å². The maximum atomic E-state index is 6.76. The van der Waals surface area contributed by atoms with Gasteiger partial charge < -0.3 is 0 Å². The molecule has 6 rings (SSSR count). The number of hydrogen-bond acceptors (Lipinski definition) is 2. The summed E-state index contributed by atoms with van der Waals surface area (Å²) in [5.41, 5.74) is 2.37. The van der Waals surface area contributed by atoms with Crippen LogP contribution in [0.25, 0.3) is 0 Å². The van der Waals surface area contributed by atoms with E-state index < -0.39 is 6.60 Å². The fraction of sp³-hybridized carbons (Fsp3) is 0.118. The molecule has 5 aromatic rings. The summed E-state index contributed by atoms with van der Waals surface area (Å²) in [6, 6.07) is 47.8. The van der Waals surface area contributed by atoms with Crippen molar-refractivity contribution in [2.24, 2.45) is 0 Å². The van der Waals surface area contributed by atoms with Crippen LogP contribution in [0.5, 0.6) is 11.5 Å².